The van der Waals surface area contributed by atoms with Crippen LogP contribution in [0.25, 0.3) is 0 Å². The van der Waals surface area contributed by atoms with Crippen molar-refractivity contribution < 1.29 is 9.53 Å². The number of rotatable bonds is 6. The number of ether oxygens (including phenoxy) is 1. The molecule has 2 nitrogen and oxygen atoms in total. The van der Waals surface area contributed by atoms with Crippen molar-refractivity contribution in [3.05, 3.63) is 25.3 Å². The van der Waals surface area contributed by atoms with Gasteiger partial charge in [-0.1, -0.05) is 12.2 Å². The summed E-state index contributed by atoms with van der Waals surface area (Å²) in [6.45, 7) is 12.5. The average molecular weight is 184 g/mol. The van der Waals surface area contributed by atoms with Gasteiger partial charge < -0.3 is 4.74 Å². The van der Waals surface area contributed by atoms with Gasteiger partial charge in [-0.2, -0.15) is 0 Å². The largest absolute Gasteiger partial charge is 0.382 e. The Morgan fingerprint density at radius 3 is 1.69 bits per heavy atom. The summed E-state index contributed by atoms with van der Waals surface area (Å²) in [6.07, 6.45) is 4.13. The van der Waals surface area contributed by atoms with E-state index in [1.165, 1.54) is 0 Å². The van der Waals surface area contributed by atoms with Crippen LogP contribution in [0.4, 0.5) is 0 Å². The molecule has 0 heterocycles. The lowest BCUT2D eigenvalue weighted by atomic mass is 10.2. The van der Waals surface area contributed by atoms with Crippen LogP contribution in [0.2, 0.25) is 0 Å². The summed E-state index contributed by atoms with van der Waals surface area (Å²) in [5.41, 5.74) is 0. The molecule has 0 saturated carbocycles. The first-order valence-electron chi connectivity index (χ1n) is 4.54. The van der Waals surface area contributed by atoms with Crippen molar-refractivity contribution in [1.29, 1.82) is 0 Å². The summed E-state index contributed by atoms with van der Waals surface area (Å²) in [5.74, 6) is 0.176. The Balaban J connectivity index is 0. The smallest absolute Gasteiger partial charge is 0.140 e. The third-order valence-corrected chi connectivity index (χ3v) is 1.15. The van der Waals surface area contributed by atoms with E-state index in [1.54, 1.807) is 12.2 Å². The Hall–Kier alpha value is -0.890. The average Bonchev–Trinajstić information content (AvgIpc) is 2.08. The number of Topliss-reactive ketones (excluding diaryl/α,β-unsaturated/α-hetero) is 1. The number of ketones is 1. The van der Waals surface area contributed by atoms with Crippen molar-refractivity contribution in [3.63, 3.8) is 0 Å². The highest BCUT2D eigenvalue weighted by Crippen LogP contribution is 1.89. The zero-order chi connectivity index (χ0) is 10.5. The van der Waals surface area contributed by atoms with Gasteiger partial charge in [0.2, 0.25) is 0 Å². The molecular formula is C11H20O2. The Bertz CT molecular complexity index is 125. The fourth-order valence-corrected chi connectivity index (χ4v) is 0.609. The van der Waals surface area contributed by atoms with Gasteiger partial charge in [0.25, 0.3) is 0 Å². The van der Waals surface area contributed by atoms with Crippen LogP contribution in [-0.2, 0) is 9.53 Å². The van der Waals surface area contributed by atoms with Crippen LogP contribution in [0, 0.1) is 0 Å². The van der Waals surface area contributed by atoms with Gasteiger partial charge in [0.05, 0.1) is 0 Å². The first kappa shape index (κ1) is 14.6. The molecule has 2 heteroatoms. The molecule has 0 aromatic rings. The molecule has 0 atom stereocenters. The van der Waals surface area contributed by atoms with E-state index >= 15 is 0 Å². The third-order valence-electron chi connectivity index (χ3n) is 1.15. The van der Waals surface area contributed by atoms with E-state index in [1.807, 2.05) is 13.8 Å². The van der Waals surface area contributed by atoms with E-state index in [-0.39, 0.29) is 5.78 Å². The van der Waals surface area contributed by atoms with E-state index in [9.17, 15) is 4.79 Å². The van der Waals surface area contributed by atoms with Gasteiger partial charge in [-0.25, -0.2) is 0 Å². The highest BCUT2D eigenvalue weighted by atomic mass is 16.5. The Kier molecular flexibility index (Phi) is 15.4. The minimum atomic E-state index is 0.176. The number of carbonyl (C=O) groups excluding carboxylic acids is 1. The summed E-state index contributed by atoms with van der Waals surface area (Å²) in [5, 5.41) is 0. The number of hydrogen-bond donors (Lipinski definition) is 0. The standard InChI is InChI=1S/C7H10O.C4H10O/c1-3-5-7(8)6-4-2;1-3-5-4-2/h3-4H,1-2,5-6H2;3-4H2,1-2H3. The lowest BCUT2D eigenvalue weighted by Crippen LogP contribution is -1.90. The summed E-state index contributed by atoms with van der Waals surface area (Å²) >= 11 is 0. The predicted molar refractivity (Wildman–Crippen MR) is 56.8 cm³/mol. The Labute approximate surface area is 81.3 Å². The van der Waals surface area contributed by atoms with Gasteiger partial charge >= 0.3 is 0 Å². The number of allylic oxidation sites excluding steroid dienone is 2. The maximum Gasteiger partial charge on any atom is 0.140 e. The van der Waals surface area contributed by atoms with Crippen LogP contribution in [0.15, 0.2) is 25.3 Å². The molecule has 0 bridgehead atoms. The first-order valence-corrected chi connectivity index (χ1v) is 4.54. The highest BCUT2D eigenvalue weighted by Gasteiger charge is 1.91. The van der Waals surface area contributed by atoms with Crippen LogP contribution in [-0.4, -0.2) is 19.0 Å². The van der Waals surface area contributed by atoms with Gasteiger partial charge in [-0.15, -0.1) is 13.2 Å². The SMILES string of the molecule is C=CCC(=O)CC=C.CCOCC. The molecule has 0 aliphatic heterocycles. The number of hydrogen-bond acceptors (Lipinski definition) is 2. The molecule has 76 valence electrons. The molecule has 0 spiro atoms. The van der Waals surface area contributed by atoms with Crippen molar-refractivity contribution >= 4 is 5.78 Å². The quantitative estimate of drug-likeness (QED) is 0.593. The monoisotopic (exact) mass is 184 g/mol. The highest BCUT2D eigenvalue weighted by molar-refractivity contribution is 5.80. The van der Waals surface area contributed by atoms with E-state index in [0.717, 1.165) is 13.2 Å². The molecule has 0 aliphatic carbocycles. The molecule has 0 fully saturated rings. The topological polar surface area (TPSA) is 26.3 Å². The molecule has 0 N–H and O–H groups in total. The fraction of sp³-hybridized carbons (Fsp3) is 0.545. The lowest BCUT2D eigenvalue weighted by molar-refractivity contribution is -0.117. The van der Waals surface area contributed by atoms with E-state index in [0.29, 0.717) is 12.8 Å². The molecular weight excluding hydrogens is 164 g/mol. The van der Waals surface area contributed by atoms with E-state index < -0.39 is 0 Å². The molecule has 0 radical (unpaired) electrons. The van der Waals surface area contributed by atoms with Gasteiger partial charge in [0, 0.05) is 26.1 Å². The first-order chi connectivity index (χ1) is 6.22. The van der Waals surface area contributed by atoms with Crippen molar-refractivity contribution in [1.82, 2.24) is 0 Å². The second-order valence-corrected chi connectivity index (χ2v) is 2.31. The summed E-state index contributed by atoms with van der Waals surface area (Å²) in [4.78, 5) is 10.5. The maximum absolute atomic E-state index is 10.5. The summed E-state index contributed by atoms with van der Waals surface area (Å²) < 4.78 is 4.83. The molecule has 0 aromatic heterocycles. The molecule has 13 heavy (non-hydrogen) atoms. The summed E-state index contributed by atoms with van der Waals surface area (Å²) in [6, 6.07) is 0. The van der Waals surface area contributed by atoms with Crippen LogP contribution >= 0.6 is 0 Å². The number of carbonyl (C=O) groups is 1. The Morgan fingerprint density at radius 2 is 1.54 bits per heavy atom. The summed E-state index contributed by atoms with van der Waals surface area (Å²) in [7, 11) is 0. The molecule has 0 amide bonds. The molecule has 0 aliphatic rings. The zero-order valence-electron chi connectivity index (χ0n) is 8.71. The molecule has 0 saturated heterocycles. The van der Waals surface area contributed by atoms with E-state index in [4.69, 9.17) is 4.74 Å². The third kappa shape index (κ3) is 18.2. The van der Waals surface area contributed by atoms with Crippen LogP contribution in [0.5, 0.6) is 0 Å². The zero-order valence-corrected chi connectivity index (χ0v) is 8.71. The normalized spacial score (nSPS) is 8.15. The van der Waals surface area contributed by atoms with Gasteiger partial charge in [-0.3, -0.25) is 4.79 Å². The van der Waals surface area contributed by atoms with Crippen molar-refractivity contribution in [2.24, 2.45) is 0 Å². The van der Waals surface area contributed by atoms with Crippen molar-refractivity contribution in [2.75, 3.05) is 13.2 Å². The second-order valence-electron chi connectivity index (χ2n) is 2.31. The predicted octanol–water partition coefficient (Wildman–Crippen LogP) is 2.75. The molecule has 0 aromatic carbocycles. The van der Waals surface area contributed by atoms with E-state index in [2.05, 4.69) is 13.2 Å². The van der Waals surface area contributed by atoms with Crippen molar-refractivity contribution in [3.8, 4) is 0 Å². The lowest BCUT2D eigenvalue weighted by Gasteiger charge is -1.86. The second kappa shape index (κ2) is 13.7. The van der Waals surface area contributed by atoms with Crippen molar-refractivity contribution in [2.45, 2.75) is 26.7 Å². The molecule has 0 unspecified atom stereocenters. The Morgan fingerprint density at radius 1 is 1.15 bits per heavy atom. The maximum atomic E-state index is 10.5. The minimum absolute atomic E-state index is 0.176. The van der Waals surface area contributed by atoms with Gasteiger partial charge in [0.15, 0.2) is 0 Å². The van der Waals surface area contributed by atoms with Crippen LogP contribution < -0.4 is 0 Å². The minimum Gasteiger partial charge on any atom is -0.382 e. The van der Waals surface area contributed by atoms with Gasteiger partial charge in [-0.05, 0) is 13.8 Å². The van der Waals surface area contributed by atoms with Gasteiger partial charge in [0.1, 0.15) is 5.78 Å². The van der Waals surface area contributed by atoms with Crippen LogP contribution in [0.3, 0.4) is 0 Å². The molecule has 0 rings (SSSR count). The van der Waals surface area contributed by atoms with Crippen LogP contribution in [0.1, 0.15) is 26.7 Å². The fourth-order valence-electron chi connectivity index (χ4n) is 0.609.